The third-order valence-corrected chi connectivity index (χ3v) is 7.35. The molecule has 2 saturated heterocycles. The zero-order valence-corrected chi connectivity index (χ0v) is 17.7. The largest absolute Gasteiger partial charge is 0.493 e. The van der Waals surface area contributed by atoms with Crippen molar-refractivity contribution in [1.82, 2.24) is 14.5 Å². The van der Waals surface area contributed by atoms with Gasteiger partial charge in [0.2, 0.25) is 15.8 Å². The third-order valence-electron chi connectivity index (χ3n) is 5.42. The van der Waals surface area contributed by atoms with Gasteiger partial charge in [-0.15, -0.1) is 0 Å². The molecule has 2 fully saturated rings. The number of ether oxygens (including phenoxy) is 3. The fraction of sp³-hybridized carbons (Fsp3) is 0.556. The summed E-state index contributed by atoms with van der Waals surface area (Å²) >= 11 is 0. The summed E-state index contributed by atoms with van der Waals surface area (Å²) in [6.07, 6.45) is 0.395. The van der Waals surface area contributed by atoms with Gasteiger partial charge in [0.05, 0.1) is 21.3 Å². The quantitative estimate of drug-likeness (QED) is 0.668. The molecule has 0 unspecified atom stereocenters. The van der Waals surface area contributed by atoms with Gasteiger partial charge in [-0.2, -0.15) is 4.31 Å². The summed E-state index contributed by atoms with van der Waals surface area (Å²) in [6, 6.07) is 2.47. The lowest BCUT2D eigenvalue weighted by Gasteiger charge is -2.36. The summed E-state index contributed by atoms with van der Waals surface area (Å²) in [5, 5.41) is 2.74. The normalized spacial score (nSPS) is 19.4. The van der Waals surface area contributed by atoms with E-state index >= 15 is 0 Å². The van der Waals surface area contributed by atoms with Crippen LogP contribution in [0.15, 0.2) is 17.0 Å². The van der Waals surface area contributed by atoms with Gasteiger partial charge in [0.1, 0.15) is 10.4 Å². The van der Waals surface area contributed by atoms with Crippen LogP contribution in [0.1, 0.15) is 19.8 Å². The van der Waals surface area contributed by atoms with Gasteiger partial charge < -0.3 is 19.5 Å². The Kier molecular flexibility index (Phi) is 5.63. The molecule has 3 amide bonds. The Labute approximate surface area is 169 Å². The number of amides is 3. The Bertz CT molecular complexity index is 924. The summed E-state index contributed by atoms with van der Waals surface area (Å²) < 4.78 is 43.6. The molecule has 1 N–H and O–H groups in total. The molecule has 1 aromatic carbocycles. The number of piperidine rings is 1. The van der Waals surface area contributed by atoms with E-state index in [1.807, 2.05) is 0 Å². The summed E-state index contributed by atoms with van der Waals surface area (Å²) in [5.41, 5.74) is -1.04. The molecule has 0 aliphatic carbocycles. The molecule has 10 nitrogen and oxygen atoms in total. The molecule has 0 saturated carbocycles. The molecular formula is C18H25N3O7S. The highest BCUT2D eigenvalue weighted by Gasteiger charge is 2.53. The maximum Gasteiger partial charge on any atom is 0.325 e. The number of hydrogen-bond acceptors (Lipinski definition) is 7. The van der Waals surface area contributed by atoms with Crippen molar-refractivity contribution in [1.29, 1.82) is 0 Å². The predicted octanol–water partition coefficient (Wildman–Crippen LogP) is 0.807. The van der Waals surface area contributed by atoms with Crippen LogP contribution in [0, 0.1) is 0 Å². The number of hydrogen-bond donors (Lipinski definition) is 1. The lowest BCUT2D eigenvalue weighted by atomic mass is 9.88. The number of carbonyl (C=O) groups is 2. The molecule has 0 bridgehead atoms. The summed E-state index contributed by atoms with van der Waals surface area (Å²) in [6.45, 7) is 2.17. The Morgan fingerprint density at radius 1 is 1.03 bits per heavy atom. The van der Waals surface area contributed by atoms with E-state index in [4.69, 9.17) is 14.2 Å². The second kappa shape index (κ2) is 7.71. The molecular weight excluding hydrogens is 402 g/mol. The zero-order chi connectivity index (χ0) is 21.4. The van der Waals surface area contributed by atoms with Gasteiger partial charge in [0.25, 0.3) is 5.91 Å². The lowest BCUT2D eigenvalue weighted by Crippen LogP contribution is -2.55. The second-order valence-corrected chi connectivity index (χ2v) is 8.70. The van der Waals surface area contributed by atoms with Crippen LogP contribution >= 0.6 is 0 Å². The maximum atomic E-state index is 13.3. The second-order valence-electron chi connectivity index (χ2n) is 6.80. The van der Waals surface area contributed by atoms with Crippen LogP contribution in [0.5, 0.6) is 17.2 Å². The van der Waals surface area contributed by atoms with E-state index < -0.39 is 21.6 Å². The van der Waals surface area contributed by atoms with Crippen LogP contribution in [0.3, 0.4) is 0 Å². The van der Waals surface area contributed by atoms with E-state index in [0.29, 0.717) is 5.75 Å². The maximum absolute atomic E-state index is 13.3. The van der Waals surface area contributed by atoms with Crippen molar-refractivity contribution in [3.8, 4) is 17.2 Å². The number of nitrogens with zero attached hydrogens (tertiary/aromatic N) is 2. The van der Waals surface area contributed by atoms with Gasteiger partial charge in [-0.3, -0.25) is 9.69 Å². The van der Waals surface area contributed by atoms with Crippen molar-refractivity contribution < 1.29 is 32.2 Å². The molecule has 2 aliphatic heterocycles. The van der Waals surface area contributed by atoms with Crippen LogP contribution in [-0.4, -0.2) is 76.1 Å². The van der Waals surface area contributed by atoms with E-state index in [9.17, 15) is 18.0 Å². The van der Waals surface area contributed by atoms with Crippen LogP contribution in [0.25, 0.3) is 0 Å². The minimum Gasteiger partial charge on any atom is -0.493 e. The topological polar surface area (TPSA) is 114 Å². The van der Waals surface area contributed by atoms with Crippen LogP contribution < -0.4 is 19.5 Å². The SMILES string of the molecule is CCN1C(=O)NC2(CCN(S(=O)(=O)c3ccc(OC)c(OC)c3OC)CC2)C1=O. The first-order chi connectivity index (χ1) is 13.8. The number of methoxy groups -OCH3 is 3. The summed E-state index contributed by atoms with van der Waals surface area (Å²) in [4.78, 5) is 25.8. The van der Waals surface area contributed by atoms with Crippen molar-refractivity contribution in [3.63, 3.8) is 0 Å². The van der Waals surface area contributed by atoms with Crippen molar-refractivity contribution in [2.24, 2.45) is 0 Å². The Hall–Kier alpha value is -2.53. The van der Waals surface area contributed by atoms with Gasteiger partial charge in [-0.1, -0.05) is 0 Å². The van der Waals surface area contributed by atoms with Crippen LogP contribution in [0.2, 0.25) is 0 Å². The van der Waals surface area contributed by atoms with Gasteiger partial charge in [0, 0.05) is 19.6 Å². The van der Waals surface area contributed by atoms with Gasteiger partial charge >= 0.3 is 6.03 Å². The highest BCUT2D eigenvalue weighted by molar-refractivity contribution is 7.89. The monoisotopic (exact) mass is 427 g/mol. The molecule has 0 atom stereocenters. The first-order valence-corrected chi connectivity index (χ1v) is 10.6. The highest BCUT2D eigenvalue weighted by atomic mass is 32.2. The first kappa shape index (κ1) is 21.2. The van der Waals surface area contributed by atoms with Gasteiger partial charge in [-0.25, -0.2) is 13.2 Å². The number of nitrogens with one attached hydrogen (secondary N) is 1. The molecule has 3 rings (SSSR count). The van der Waals surface area contributed by atoms with E-state index in [1.54, 1.807) is 6.92 Å². The molecule has 2 aliphatic rings. The van der Waals surface area contributed by atoms with Crippen LogP contribution in [0.4, 0.5) is 4.79 Å². The summed E-state index contributed by atoms with van der Waals surface area (Å²) in [7, 11) is 0.276. The van der Waals surface area contributed by atoms with E-state index in [-0.39, 0.29) is 54.8 Å². The van der Waals surface area contributed by atoms with E-state index in [1.165, 1.54) is 37.8 Å². The number of rotatable bonds is 6. The van der Waals surface area contributed by atoms with Gasteiger partial charge in [-0.05, 0) is 31.9 Å². The molecule has 1 aromatic rings. The molecule has 1 spiro atoms. The van der Waals surface area contributed by atoms with Crippen molar-refractivity contribution in [3.05, 3.63) is 12.1 Å². The van der Waals surface area contributed by atoms with Gasteiger partial charge in [0.15, 0.2) is 11.5 Å². The van der Waals surface area contributed by atoms with Crippen molar-refractivity contribution >= 4 is 22.0 Å². The van der Waals surface area contributed by atoms with Crippen molar-refractivity contribution in [2.75, 3.05) is 41.0 Å². The highest BCUT2D eigenvalue weighted by Crippen LogP contribution is 2.43. The number of imide groups is 1. The Morgan fingerprint density at radius 3 is 2.14 bits per heavy atom. The first-order valence-electron chi connectivity index (χ1n) is 9.19. The van der Waals surface area contributed by atoms with Crippen LogP contribution in [-0.2, 0) is 14.8 Å². The van der Waals surface area contributed by atoms with Crippen molar-refractivity contribution in [2.45, 2.75) is 30.2 Å². The molecule has 11 heteroatoms. The fourth-order valence-electron chi connectivity index (χ4n) is 3.83. The number of sulfonamides is 1. The molecule has 0 radical (unpaired) electrons. The standard InChI is InChI=1S/C18H25N3O7S/c1-5-21-16(22)18(19-17(21)23)8-10-20(11-9-18)29(24,25)13-7-6-12(26-2)14(27-3)15(13)28-4/h6-7H,5,8-11H2,1-4H3,(H,19,23). The molecule has 160 valence electrons. The average Bonchev–Trinajstić information content (AvgIpc) is 2.95. The molecule has 0 aromatic heterocycles. The minimum atomic E-state index is -3.92. The number of benzene rings is 1. The number of urea groups is 1. The zero-order valence-electron chi connectivity index (χ0n) is 16.9. The fourth-order valence-corrected chi connectivity index (χ4v) is 5.42. The third kappa shape index (κ3) is 3.27. The average molecular weight is 427 g/mol. The predicted molar refractivity (Wildman–Crippen MR) is 103 cm³/mol. The minimum absolute atomic E-state index is 0.0504. The molecule has 2 heterocycles. The van der Waals surface area contributed by atoms with E-state index in [0.717, 1.165) is 4.90 Å². The number of carbonyl (C=O) groups excluding carboxylic acids is 2. The Balaban J connectivity index is 1.88. The Morgan fingerprint density at radius 2 is 1.66 bits per heavy atom. The van der Waals surface area contributed by atoms with E-state index in [2.05, 4.69) is 5.32 Å². The summed E-state index contributed by atoms with van der Waals surface area (Å²) in [5.74, 6) is 0.279. The molecule has 29 heavy (non-hydrogen) atoms. The smallest absolute Gasteiger partial charge is 0.325 e. The number of likely N-dealkylation sites (N-methyl/N-ethyl adjacent to an activating group) is 1. The lowest BCUT2D eigenvalue weighted by molar-refractivity contribution is -0.132.